The summed E-state index contributed by atoms with van der Waals surface area (Å²) < 4.78 is 0. The molecule has 0 radical (unpaired) electrons. The van der Waals surface area contributed by atoms with Crippen LogP contribution in [0, 0.1) is 0 Å². The van der Waals surface area contributed by atoms with Crippen LogP contribution in [0.2, 0.25) is 0 Å². The van der Waals surface area contributed by atoms with E-state index in [0.717, 1.165) is 4.90 Å². The summed E-state index contributed by atoms with van der Waals surface area (Å²) in [6.07, 6.45) is 1.78. The van der Waals surface area contributed by atoms with Crippen molar-refractivity contribution in [1.29, 1.82) is 0 Å². The van der Waals surface area contributed by atoms with Gasteiger partial charge in [-0.1, -0.05) is 0 Å². The highest BCUT2D eigenvalue weighted by Crippen LogP contribution is 2.23. The summed E-state index contributed by atoms with van der Waals surface area (Å²) in [5.74, 6) is -1.98. The van der Waals surface area contributed by atoms with Crippen LogP contribution >= 0.6 is 0 Å². The van der Waals surface area contributed by atoms with E-state index in [1.165, 1.54) is 6.20 Å². The molecule has 0 bridgehead atoms. The van der Waals surface area contributed by atoms with E-state index in [9.17, 15) is 19.2 Å². The monoisotopic (exact) mass is 273 g/mol. The van der Waals surface area contributed by atoms with E-state index in [0.29, 0.717) is 11.3 Å². The van der Waals surface area contributed by atoms with Gasteiger partial charge in [0, 0.05) is 12.6 Å². The van der Waals surface area contributed by atoms with Crippen molar-refractivity contribution >= 4 is 23.6 Å². The van der Waals surface area contributed by atoms with Gasteiger partial charge in [0.1, 0.15) is 6.04 Å². The maximum atomic E-state index is 12.4. The molecular weight excluding hydrogens is 262 g/mol. The molecule has 7 nitrogen and oxygen atoms in total. The second kappa shape index (κ2) is 4.52. The number of pyridine rings is 1. The van der Waals surface area contributed by atoms with Crippen LogP contribution in [0.5, 0.6) is 0 Å². The Labute approximate surface area is 114 Å². The molecule has 20 heavy (non-hydrogen) atoms. The lowest BCUT2D eigenvalue weighted by Gasteiger charge is -2.34. The molecule has 0 spiro atoms. The van der Waals surface area contributed by atoms with Crippen molar-refractivity contribution in [1.82, 2.24) is 15.2 Å². The SMILES string of the molecule is O=C1CCC(N2C(=O)Cc3ncccc3C2=O)C(=O)N1. The lowest BCUT2D eigenvalue weighted by atomic mass is 9.98. The highest BCUT2D eigenvalue weighted by molar-refractivity contribution is 6.13. The topological polar surface area (TPSA) is 96.4 Å². The first-order chi connectivity index (χ1) is 9.58. The van der Waals surface area contributed by atoms with Crippen LogP contribution in [0.4, 0.5) is 0 Å². The first-order valence-electron chi connectivity index (χ1n) is 6.22. The van der Waals surface area contributed by atoms with Gasteiger partial charge in [0.25, 0.3) is 5.91 Å². The van der Waals surface area contributed by atoms with Crippen LogP contribution in [-0.2, 0) is 20.8 Å². The fourth-order valence-corrected chi connectivity index (χ4v) is 2.49. The number of amides is 4. The second-order valence-electron chi connectivity index (χ2n) is 4.71. The normalized spacial score (nSPS) is 22.6. The van der Waals surface area contributed by atoms with Crippen LogP contribution in [0.15, 0.2) is 18.3 Å². The Bertz CT molecular complexity index is 640. The molecule has 0 aromatic carbocycles. The van der Waals surface area contributed by atoms with Gasteiger partial charge in [-0.2, -0.15) is 0 Å². The minimum Gasteiger partial charge on any atom is -0.295 e. The Balaban J connectivity index is 1.95. The fourth-order valence-electron chi connectivity index (χ4n) is 2.49. The summed E-state index contributed by atoms with van der Waals surface area (Å²) in [5.41, 5.74) is 0.753. The average Bonchev–Trinajstić information content (AvgIpc) is 2.41. The van der Waals surface area contributed by atoms with E-state index in [2.05, 4.69) is 10.3 Å². The molecule has 4 amide bonds. The summed E-state index contributed by atoms with van der Waals surface area (Å²) in [5, 5.41) is 2.15. The Morgan fingerprint density at radius 1 is 1.25 bits per heavy atom. The molecule has 2 aliphatic rings. The van der Waals surface area contributed by atoms with Crippen molar-refractivity contribution in [2.45, 2.75) is 25.3 Å². The molecule has 2 aliphatic heterocycles. The molecule has 0 saturated carbocycles. The largest absolute Gasteiger partial charge is 0.295 e. The molecule has 3 heterocycles. The van der Waals surface area contributed by atoms with E-state index in [-0.39, 0.29) is 25.2 Å². The molecule has 1 N–H and O–H groups in total. The zero-order chi connectivity index (χ0) is 14.3. The lowest BCUT2D eigenvalue weighted by Crippen LogP contribution is -2.58. The highest BCUT2D eigenvalue weighted by Gasteiger charge is 2.41. The first kappa shape index (κ1) is 12.5. The second-order valence-corrected chi connectivity index (χ2v) is 4.71. The van der Waals surface area contributed by atoms with Gasteiger partial charge in [0.15, 0.2) is 0 Å². The average molecular weight is 273 g/mol. The Morgan fingerprint density at radius 3 is 2.80 bits per heavy atom. The highest BCUT2D eigenvalue weighted by atomic mass is 16.2. The summed E-state index contributed by atoms with van der Waals surface area (Å²) >= 11 is 0. The molecule has 0 aliphatic carbocycles. The number of nitrogens with one attached hydrogen (secondary N) is 1. The van der Waals surface area contributed by atoms with Crippen LogP contribution < -0.4 is 5.32 Å². The number of aromatic nitrogens is 1. The smallest absolute Gasteiger partial charge is 0.263 e. The van der Waals surface area contributed by atoms with Gasteiger partial charge in [-0.05, 0) is 18.6 Å². The van der Waals surface area contributed by atoms with Crippen LogP contribution in [0.1, 0.15) is 28.9 Å². The molecule has 1 saturated heterocycles. The van der Waals surface area contributed by atoms with Crippen molar-refractivity contribution in [3.05, 3.63) is 29.6 Å². The summed E-state index contributed by atoms with van der Waals surface area (Å²) in [4.78, 5) is 52.4. The lowest BCUT2D eigenvalue weighted by molar-refractivity contribution is -0.143. The number of hydrogen-bond acceptors (Lipinski definition) is 5. The van der Waals surface area contributed by atoms with Crippen molar-refractivity contribution in [3.63, 3.8) is 0 Å². The molecule has 1 aromatic heterocycles. The minimum absolute atomic E-state index is 0.0142. The summed E-state index contributed by atoms with van der Waals surface area (Å²) in [6, 6.07) is 2.27. The van der Waals surface area contributed by atoms with Crippen LogP contribution in [0.25, 0.3) is 0 Å². The zero-order valence-corrected chi connectivity index (χ0v) is 10.5. The van der Waals surface area contributed by atoms with Gasteiger partial charge in [-0.25, -0.2) is 0 Å². The number of rotatable bonds is 1. The maximum Gasteiger partial charge on any atom is 0.263 e. The molecule has 1 atom stereocenters. The summed E-state index contributed by atoms with van der Waals surface area (Å²) in [6.45, 7) is 0. The molecule has 102 valence electrons. The van der Waals surface area contributed by atoms with Crippen molar-refractivity contribution < 1.29 is 19.2 Å². The first-order valence-corrected chi connectivity index (χ1v) is 6.22. The van der Waals surface area contributed by atoms with E-state index < -0.39 is 23.8 Å². The van der Waals surface area contributed by atoms with Crippen molar-refractivity contribution in [3.8, 4) is 0 Å². The quantitative estimate of drug-likeness (QED) is 0.690. The summed E-state index contributed by atoms with van der Waals surface area (Å²) in [7, 11) is 0. The molecule has 3 rings (SSSR count). The maximum absolute atomic E-state index is 12.4. The van der Waals surface area contributed by atoms with Gasteiger partial charge >= 0.3 is 0 Å². The predicted octanol–water partition coefficient (Wildman–Crippen LogP) is -0.588. The number of imide groups is 2. The number of piperidine rings is 1. The standard InChI is InChI=1S/C13H11N3O4/c17-10-4-3-9(12(19)15-10)16-11(18)6-8-7(13(16)20)2-1-5-14-8/h1-2,5,9H,3-4,6H2,(H,15,17,19). The predicted molar refractivity (Wildman–Crippen MR) is 65.3 cm³/mol. The van der Waals surface area contributed by atoms with Gasteiger partial charge < -0.3 is 0 Å². The third kappa shape index (κ3) is 1.87. The van der Waals surface area contributed by atoms with Gasteiger partial charge in [-0.3, -0.25) is 34.4 Å². The molecule has 7 heteroatoms. The van der Waals surface area contributed by atoms with Crippen LogP contribution in [-0.4, -0.2) is 39.6 Å². The van der Waals surface area contributed by atoms with Gasteiger partial charge in [0.05, 0.1) is 17.7 Å². The molecule has 1 unspecified atom stereocenters. The number of carbonyl (C=O) groups excluding carboxylic acids is 4. The van der Waals surface area contributed by atoms with Gasteiger partial charge in [0.2, 0.25) is 17.7 Å². The van der Waals surface area contributed by atoms with Crippen molar-refractivity contribution in [2.24, 2.45) is 0 Å². The third-order valence-electron chi connectivity index (χ3n) is 3.45. The molecular formula is C13H11N3O4. The third-order valence-corrected chi connectivity index (χ3v) is 3.45. The van der Waals surface area contributed by atoms with Crippen molar-refractivity contribution in [2.75, 3.05) is 0 Å². The van der Waals surface area contributed by atoms with E-state index in [4.69, 9.17) is 0 Å². The number of hydrogen-bond donors (Lipinski definition) is 1. The number of carbonyl (C=O) groups is 4. The fraction of sp³-hybridized carbons (Fsp3) is 0.308. The minimum atomic E-state index is -0.916. The Hall–Kier alpha value is -2.57. The van der Waals surface area contributed by atoms with Gasteiger partial charge in [-0.15, -0.1) is 0 Å². The molecule has 1 fully saturated rings. The number of fused-ring (bicyclic) bond motifs is 1. The molecule has 1 aromatic rings. The Kier molecular flexibility index (Phi) is 2.81. The van der Waals surface area contributed by atoms with E-state index in [1.807, 2.05) is 0 Å². The van der Waals surface area contributed by atoms with E-state index in [1.54, 1.807) is 12.1 Å². The zero-order valence-electron chi connectivity index (χ0n) is 10.5. The Morgan fingerprint density at radius 2 is 2.05 bits per heavy atom. The number of nitrogens with zero attached hydrogens (tertiary/aromatic N) is 2. The van der Waals surface area contributed by atoms with E-state index >= 15 is 0 Å². The van der Waals surface area contributed by atoms with Crippen LogP contribution in [0.3, 0.4) is 0 Å².